The van der Waals surface area contributed by atoms with Crippen molar-refractivity contribution in [2.45, 2.75) is 17.5 Å². The van der Waals surface area contributed by atoms with Crippen LogP contribution in [0, 0.1) is 0 Å². The van der Waals surface area contributed by atoms with Gasteiger partial charge in [0.15, 0.2) is 0 Å². The van der Waals surface area contributed by atoms with Crippen LogP contribution in [0.5, 0.6) is 0 Å². The summed E-state index contributed by atoms with van der Waals surface area (Å²) in [5.41, 5.74) is 3.80. The molecule has 0 spiro atoms. The Bertz CT molecular complexity index is 1520. The second kappa shape index (κ2) is 9.90. The van der Waals surface area contributed by atoms with E-state index in [0.29, 0.717) is 31.9 Å². The zero-order valence-electron chi connectivity index (χ0n) is 20.2. The molecular formula is C26H26N4O4S3. The molecule has 1 atom stereocenters. The number of nitrogens with one attached hydrogen (secondary N) is 1. The Labute approximate surface area is 223 Å². The molecule has 0 radical (unpaired) electrons. The standard InChI is InChI=1S/C26H26N4O4S3/c1-29-11-10-19-20(26-27-21-4-2-3-5-22(21)36-26)16-35-23(19)24(29)28-25(31)17-6-8-18(9-7-17)37(32,33)30-12-14-34-15-13-30/h2-9,16,24H,10-15H2,1H3,(H,28,31). The number of nitrogens with zero attached hydrogens (tertiary/aromatic N) is 3. The first kappa shape index (κ1) is 24.7. The van der Waals surface area contributed by atoms with E-state index in [0.717, 1.165) is 38.6 Å². The quantitative estimate of drug-likeness (QED) is 0.402. The number of carbonyl (C=O) groups is 1. The highest BCUT2D eigenvalue weighted by atomic mass is 32.2. The summed E-state index contributed by atoms with van der Waals surface area (Å²) in [5.74, 6) is -0.241. The van der Waals surface area contributed by atoms with Gasteiger partial charge in [0.1, 0.15) is 11.2 Å². The predicted octanol–water partition coefficient (Wildman–Crippen LogP) is 3.96. The number of thiazole rings is 1. The number of sulfonamides is 1. The largest absolute Gasteiger partial charge is 0.379 e. The molecule has 37 heavy (non-hydrogen) atoms. The van der Waals surface area contributed by atoms with Crippen LogP contribution in [0.2, 0.25) is 0 Å². The van der Waals surface area contributed by atoms with Gasteiger partial charge in [0.25, 0.3) is 5.91 Å². The molecule has 2 aromatic heterocycles. The molecule has 11 heteroatoms. The lowest BCUT2D eigenvalue weighted by Crippen LogP contribution is -2.42. The third-order valence-corrected chi connectivity index (χ3v) is 10.9. The van der Waals surface area contributed by atoms with E-state index in [1.54, 1.807) is 34.8 Å². The Morgan fingerprint density at radius 2 is 1.84 bits per heavy atom. The van der Waals surface area contributed by atoms with Crippen molar-refractivity contribution in [1.29, 1.82) is 0 Å². The van der Waals surface area contributed by atoms with Crippen LogP contribution in [0.25, 0.3) is 20.8 Å². The van der Waals surface area contributed by atoms with Gasteiger partial charge in [0.2, 0.25) is 10.0 Å². The number of morpholine rings is 1. The monoisotopic (exact) mass is 554 g/mol. The fourth-order valence-electron chi connectivity index (χ4n) is 4.77. The van der Waals surface area contributed by atoms with E-state index in [1.807, 2.05) is 25.2 Å². The van der Waals surface area contributed by atoms with Crippen molar-refractivity contribution >= 4 is 48.8 Å². The number of rotatable bonds is 5. The van der Waals surface area contributed by atoms with Gasteiger partial charge in [-0.05, 0) is 55.4 Å². The highest BCUT2D eigenvalue weighted by Gasteiger charge is 2.31. The minimum absolute atomic E-state index is 0.182. The van der Waals surface area contributed by atoms with Gasteiger partial charge >= 0.3 is 0 Å². The van der Waals surface area contributed by atoms with Crippen LogP contribution in [0.4, 0.5) is 0 Å². The van der Waals surface area contributed by atoms with Gasteiger partial charge in [-0.25, -0.2) is 13.4 Å². The van der Waals surface area contributed by atoms with Gasteiger partial charge in [-0.3, -0.25) is 9.69 Å². The number of benzene rings is 2. The lowest BCUT2D eigenvalue weighted by atomic mass is 10.0. The van der Waals surface area contributed by atoms with Crippen LogP contribution >= 0.6 is 22.7 Å². The number of carbonyl (C=O) groups excluding carboxylic acids is 1. The van der Waals surface area contributed by atoms with E-state index < -0.39 is 10.0 Å². The number of thiophene rings is 1. The maximum Gasteiger partial charge on any atom is 0.252 e. The molecule has 2 aromatic carbocycles. The van der Waals surface area contributed by atoms with Gasteiger partial charge in [-0.15, -0.1) is 22.7 Å². The van der Waals surface area contributed by atoms with Gasteiger partial charge < -0.3 is 10.1 Å². The average Bonchev–Trinajstić information content (AvgIpc) is 3.55. The minimum Gasteiger partial charge on any atom is -0.379 e. The number of amides is 1. The van der Waals surface area contributed by atoms with Gasteiger partial charge in [0.05, 0.1) is 28.3 Å². The zero-order chi connectivity index (χ0) is 25.6. The number of hydrogen-bond acceptors (Lipinski definition) is 8. The molecule has 2 aliphatic rings. The zero-order valence-corrected chi connectivity index (χ0v) is 22.7. The fraction of sp³-hybridized carbons (Fsp3) is 0.308. The molecule has 4 heterocycles. The third-order valence-electron chi connectivity index (χ3n) is 6.85. The second-order valence-corrected chi connectivity index (χ2v) is 13.0. The molecule has 8 nitrogen and oxygen atoms in total. The summed E-state index contributed by atoms with van der Waals surface area (Å²) in [5, 5.41) is 6.31. The van der Waals surface area contributed by atoms with Crippen molar-refractivity contribution in [3.63, 3.8) is 0 Å². The molecule has 0 bridgehead atoms. The lowest BCUT2D eigenvalue weighted by Gasteiger charge is -2.33. The van der Waals surface area contributed by atoms with E-state index in [9.17, 15) is 13.2 Å². The Morgan fingerprint density at radius 3 is 2.59 bits per heavy atom. The molecule has 192 valence electrons. The second-order valence-electron chi connectivity index (χ2n) is 9.13. The molecule has 1 saturated heterocycles. The van der Waals surface area contributed by atoms with Crippen LogP contribution in [0.3, 0.4) is 0 Å². The Kier molecular flexibility index (Phi) is 6.59. The maximum absolute atomic E-state index is 13.2. The minimum atomic E-state index is -3.60. The number of para-hydroxylation sites is 1. The van der Waals surface area contributed by atoms with Crippen molar-refractivity contribution in [2.24, 2.45) is 0 Å². The van der Waals surface area contributed by atoms with Crippen LogP contribution in [0.1, 0.15) is 27.0 Å². The number of ether oxygens (including phenoxy) is 1. The number of hydrogen-bond donors (Lipinski definition) is 1. The van der Waals surface area contributed by atoms with Crippen molar-refractivity contribution in [3.8, 4) is 10.6 Å². The molecule has 1 fully saturated rings. The molecule has 1 amide bonds. The van der Waals surface area contributed by atoms with Crippen molar-refractivity contribution in [1.82, 2.24) is 19.5 Å². The maximum atomic E-state index is 13.2. The summed E-state index contributed by atoms with van der Waals surface area (Å²) in [6.45, 7) is 2.25. The topological polar surface area (TPSA) is 91.8 Å². The average molecular weight is 555 g/mol. The van der Waals surface area contributed by atoms with Gasteiger partial charge in [0, 0.05) is 41.0 Å². The van der Waals surface area contributed by atoms with Gasteiger partial charge in [-0.1, -0.05) is 12.1 Å². The Morgan fingerprint density at radius 1 is 1.08 bits per heavy atom. The summed E-state index contributed by atoms with van der Waals surface area (Å²) < 4.78 is 33.6. The van der Waals surface area contributed by atoms with Crippen LogP contribution in [-0.4, -0.2) is 68.4 Å². The molecule has 1 N–H and O–H groups in total. The lowest BCUT2D eigenvalue weighted by molar-refractivity contribution is 0.0730. The normalized spacial score (nSPS) is 19.1. The first-order valence-corrected chi connectivity index (χ1v) is 15.2. The fourth-order valence-corrected chi connectivity index (χ4v) is 8.48. The van der Waals surface area contributed by atoms with Crippen LogP contribution < -0.4 is 5.32 Å². The van der Waals surface area contributed by atoms with E-state index >= 15 is 0 Å². The van der Waals surface area contributed by atoms with Crippen LogP contribution in [-0.2, 0) is 21.2 Å². The Hall–Kier alpha value is -2.67. The van der Waals surface area contributed by atoms with Crippen molar-refractivity contribution < 1.29 is 17.9 Å². The first-order chi connectivity index (χ1) is 17.9. The van der Waals surface area contributed by atoms with E-state index in [4.69, 9.17) is 9.72 Å². The molecule has 2 aliphatic heterocycles. The highest BCUT2D eigenvalue weighted by molar-refractivity contribution is 7.89. The van der Waals surface area contributed by atoms with Crippen molar-refractivity contribution in [3.05, 3.63) is 69.9 Å². The third kappa shape index (κ3) is 4.60. The number of fused-ring (bicyclic) bond motifs is 2. The molecule has 0 saturated carbocycles. The van der Waals surface area contributed by atoms with E-state index in [-0.39, 0.29) is 17.0 Å². The number of likely N-dealkylation sites (N-methyl/N-ethyl adjacent to an activating group) is 1. The molecule has 0 aliphatic carbocycles. The smallest absolute Gasteiger partial charge is 0.252 e. The van der Waals surface area contributed by atoms with E-state index in [1.165, 1.54) is 22.0 Å². The summed E-state index contributed by atoms with van der Waals surface area (Å²) >= 11 is 3.33. The molecule has 1 unspecified atom stereocenters. The molecule has 4 aromatic rings. The van der Waals surface area contributed by atoms with Crippen molar-refractivity contribution in [2.75, 3.05) is 39.9 Å². The Balaban J connectivity index is 1.22. The summed E-state index contributed by atoms with van der Waals surface area (Å²) in [6, 6.07) is 14.3. The SMILES string of the molecule is CN1CCc2c(-c3nc4ccccc4s3)csc2C1NC(=O)c1ccc(S(=O)(=O)N2CCOCC2)cc1. The molecule has 6 rings (SSSR count). The number of aromatic nitrogens is 1. The van der Waals surface area contributed by atoms with Gasteiger partial charge in [-0.2, -0.15) is 4.31 Å². The molecular weight excluding hydrogens is 529 g/mol. The summed E-state index contributed by atoms with van der Waals surface area (Å²) in [6.07, 6.45) is 0.627. The summed E-state index contributed by atoms with van der Waals surface area (Å²) in [4.78, 5) is 21.5. The van der Waals surface area contributed by atoms with E-state index in [2.05, 4.69) is 21.7 Å². The first-order valence-electron chi connectivity index (χ1n) is 12.1. The predicted molar refractivity (Wildman–Crippen MR) is 145 cm³/mol. The van der Waals surface area contributed by atoms with Crippen LogP contribution in [0.15, 0.2) is 58.8 Å². The highest BCUT2D eigenvalue weighted by Crippen LogP contribution is 2.41. The summed E-state index contributed by atoms with van der Waals surface area (Å²) in [7, 11) is -1.60.